The number of hydrogen-bond donors (Lipinski definition) is 1. The van der Waals surface area contributed by atoms with Crippen molar-refractivity contribution in [1.82, 2.24) is 4.98 Å². The number of carbonyl (C=O) groups excluding carboxylic acids is 1. The molecule has 0 bridgehead atoms. The summed E-state index contributed by atoms with van der Waals surface area (Å²) in [6.07, 6.45) is 8.23. The van der Waals surface area contributed by atoms with Gasteiger partial charge in [0, 0.05) is 12.1 Å². The smallest absolute Gasteiger partial charge is 0.228 e. The van der Waals surface area contributed by atoms with E-state index in [1.54, 1.807) is 6.20 Å². The highest BCUT2D eigenvalue weighted by atomic mass is 16.1. The van der Waals surface area contributed by atoms with Crippen molar-refractivity contribution in [3.63, 3.8) is 0 Å². The van der Waals surface area contributed by atoms with Gasteiger partial charge in [0.25, 0.3) is 0 Å². The fraction of sp³-hybridized carbons (Fsp3) is 0.600. The minimum absolute atomic E-state index is 0.117. The Balaban J connectivity index is 2.48. The van der Waals surface area contributed by atoms with Gasteiger partial charge < -0.3 is 5.32 Å². The first kappa shape index (κ1) is 14.7. The molecule has 1 unspecified atom stereocenters. The number of aromatic nitrogens is 1. The van der Waals surface area contributed by atoms with E-state index in [1.165, 1.54) is 12.8 Å². The van der Waals surface area contributed by atoms with Gasteiger partial charge in [0.2, 0.25) is 5.91 Å². The van der Waals surface area contributed by atoms with Crippen LogP contribution in [0.4, 0.5) is 5.82 Å². The van der Waals surface area contributed by atoms with Gasteiger partial charge in [-0.3, -0.25) is 4.79 Å². The zero-order valence-corrected chi connectivity index (χ0v) is 11.5. The van der Waals surface area contributed by atoms with Crippen LogP contribution in [0.2, 0.25) is 0 Å². The lowest BCUT2D eigenvalue weighted by molar-refractivity contribution is -0.120. The van der Waals surface area contributed by atoms with Crippen LogP contribution in [0.1, 0.15) is 52.4 Å². The van der Waals surface area contributed by atoms with Gasteiger partial charge in [-0.2, -0.15) is 0 Å². The number of unbranched alkanes of at least 4 members (excludes halogenated alkanes) is 2. The second-order valence-electron chi connectivity index (χ2n) is 4.69. The van der Waals surface area contributed by atoms with Crippen LogP contribution in [-0.4, -0.2) is 10.9 Å². The van der Waals surface area contributed by atoms with Crippen molar-refractivity contribution in [2.24, 2.45) is 5.92 Å². The summed E-state index contributed by atoms with van der Waals surface area (Å²) in [5, 5.41) is 2.90. The van der Waals surface area contributed by atoms with E-state index < -0.39 is 0 Å². The lowest BCUT2D eigenvalue weighted by atomic mass is 9.95. The minimum Gasteiger partial charge on any atom is -0.310 e. The van der Waals surface area contributed by atoms with Gasteiger partial charge in [0.15, 0.2) is 0 Å². The summed E-state index contributed by atoms with van der Waals surface area (Å²) < 4.78 is 0. The second-order valence-corrected chi connectivity index (χ2v) is 4.69. The molecule has 0 aliphatic carbocycles. The summed E-state index contributed by atoms with van der Waals surface area (Å²) in [4.78, 5) is 16.3. The molecule has 0 saturated carbocycles. The number of anilines is 1. The first-order chi connectivity index (χ1) is 8.77. The number of nitrogens with one attached hydrogen (secondary N) is 1. The third-order valence-corrected chi connectivity index (χ3v) is 3.08. The largest absolute Gasteiger partial charge is 0.310 e. The van der Waals surface area contributed by atoms with Crippen molar-refractivity contribution in [3.8, 4) is 0 Å². The van der Waals surface area contributed by atoms with Gasteiger partial charge in [-0.05, 0) is 25.0 Å². The predicted molar refractivity (Wildman–Crippen MR) is 75.4 cm³/mol. The molecule has 3 nitrogen and oxygen atoms in total. The molecular weight excluding hydrogens is 224 g/mol. The molecule has 0 fully saturated rings. The summed E-state index contributed by atoms with van der Waals surface area (Å²) >= 11 is 0. The first-order valence-corrected chi connectivity index (χ1v) is 6.99. The Kier molecular flexibility index (Phi) is 7.07. The van der Waals surface area contributed by atoms with Crippen molar-refractivity contribution in [2.75, 3.05) is 5.32 Å². The highest BCUT2D eigenvalue weighted by Gasteiger charge is 2.17. The monoisotopic (exact) mass is 248 g/mol. The second kappa shape index (κ2) is 8.67. The van der Waals surface area contributed by atoms with Crippen LogP contribution in [0.5, 0.6) is 0 Å². The molecule has 0 saturated heterocycles. The first-order valence-electron chi connectivity index (χ1n) is 6.99. The number of nitrogens with zero attached hydrogens (tertiary/aromatic N) is 1. The van der Waals surface area contributed by atoms with E-state index in [4.69, 9.17) is 0 Å². The lowest BCUT2D eigenvalue weighted by Crippen LogP contribution is -2.23. The quantitative estimate of drug-likeness (QED) is 0.706. The molecule has 0 aliphatic rings. The molecule has 100 valence electrons. The van der Waals surface area contributed by atoms with E-state index >= 15 is 0 Å². The van der Waals surface area contributed by atoms with Crippen molar-refractivity contribution in [1.29, 1.82) is 0 Å². The molecule has 1 rings (SSSR count). The Morgan fingerprint density at radius 3 is 2.67 bits per heavy atom. The molecule has 1 atom stereocenters. The van der Waals surface area contributed by atoms with Gasteiger partial charge in [-0.1, -0.05) is 45.6 Å². The van der Waals surface area contributed by atoms with Gasteiger partial charge in [-0.15, -0.1) is 0 Å². The Morgan fingerprint density at radius 2 is 2.06 bits per heavy atom. The number of pyridine rings is 1. The zero-order chi connectivity index (χ0) is 13.2. The van der Waals surface area contributed by atoms with E-state index in [0.29, 0.717) is 5.82 Å². The van der Waals surface area contributed by atoms with E-state index in [-0.39, 0.29) is 11.8 Å². The van der Waals surface area contributed by atoms with Crippen LogP contribution < -0.4 is 5.32 Å². The van der Waals surface area contributed by atoms with Crippen molar-refractivity contribution in [3.05, 3.63) is 24.4 Å². The van der Waals surface area contributed by atoms with Crippen LogP contribution in [-0.2, 0) is 4.79 Å². The molecule has 1 aromatic heterocycles. The van der Waals surface area contributed by atoms with Crippen LogP contribution in [0.3, 0.4) is 0 Å². The van der Waals surface area contributed by atoms with Gasteiger partial charge in [0.1, 0.15) is 5.82 Å². The summed E-state index contributed by atoms with van der Waals surface area (Å²) in [7, 11) is 0. The van der Waals surface area contributed by atoms with E-state index in [0.717, 1.165) is 25.7 Å². The molecule has 1 aromatic rings. The van der Waals surface area contributed by atoms with Crippen molar-refractivity contribution in [2.45, 2.75) is 52.4 Å². The average molecular weight is 248 g/mol. The molecule has 18 heavy (non-hydrogen) atoms. The Bertz CT molecular complexity index is 338. The molecule has 0 spiro atoms. The Hall–Kier alpha value is -1.38. The van der Waals surface area contributed by atoms with E-state index in [2.05, 4.69) is 24.1 Å². The molecule has 1 heterocycles. The average Bonchev–Trinajstić information content (AvgIpc) is 2.39. The minimum atomic E-state index is 0.117. The molecule has 0 radical (unpaired) electrons. The van der Waals surface area contributed by atoms with Gasteiger partial charge in [0.05, 0.1) is 0 Å². The van der Waals surface area contributed by atoms with Crippen molar-refractivity contribution < 1.29 is 4.79 Å². The summed E-state index contributed by atoms with van der Waals surface area (Å²) in [6.45, 7) is 4.31. The van der Waals surface area contributed by atoms with E-state index in [1.807, 2.05) is 18.2 Å². The zero-order valence-electron chi connectivity index (χ0n) is 11.5. The highest BCUT2D eigenvalue weighted by molar-refractivity contribution is 5.91. The molecule has 0 aromatic carbocycles. The maximum absolute atomic E-state index is 12.1. The van der Waals surface area contributed by atoms with Gasteiger partial charge >= 0.3 is 0 Å². The highest BCUT2D eigenvalue weighted by Crippen LogP contribution is 2.17. The van der Waals surface area contributed by atoms with Gasteiger partial charge in [-0.25, -0.2) is 4.98 Å². The fourth-order valence-electron chi connectivity index (χ4n) is 2.06. The maximum Gasteiger partial charge on any atom is 0.228 e. The van der Waals surface area contributed by atoms with Crippen molar-refractivity contribution >= 4 is 11.7 Å². The lowest BCUT2D eigenvalue weighted by Gasteiger charge is -2.15. The summed E-state index contributed by atoms with van der Waals surface area (Å²) in [5.74, 6) is 0.898. The molecule has 0 aliphatic heterocycles. The molecule has 3 heteroatoms. The number of rotatable bonds is 8. The Morgan fingerprint density at radius 1 is 1.22 bits per heavy atom. The van der Waals surface area contributed by atoms with Crippen LogP contribution in [0.25, 0.3) is 0 Å². The number of hydrogen-bond acceptors (Lipinski definition) is 2. The summed E-state index contributed by atoms with van der Waals surface area (Å²) in [5.41, 5.74) is 0. The maximum atomic E-state index is 12.1. The standard InChI is InChI=1S/C15H24N2O/c1-3-5-6-10-13(9-4-2)15(18)17-14-11-7-8-12-16-14/h7-8,11-13H,3-6,9-10H2,1-2H3,(H,16,17,18). The molecule has 1 amide bonds. The normalized spacial score (nSPS) is 12.1. The predicted octanol–water partition coefficient (Wildman–Crippen LogP) is 4.02. The number of amides is 1. The van der Waals surface area contributed by atoms with Crippen LogP contribution in [0.15, 0.2) is 24.4 Å². The topological polar surface area (TPSA) is 42.0 Å². The van der Waals surface area contributed by atoms with E-state index in [9.17, 15) is 4.79 Å². The number of carbonyl (C=O) groups is 1. The molecule has 1 N–H and O–H groups in total. The van der Waals surface area contributed by atoms with Crippen LogP contribution in [0, 0.1) is 5.92 Å². The van der Waals surface area contributed by atoms with Crippen LogP contribution >= 0.6 is 0 Å². The molecular formula is C15H24N2O. The SMILES string of the molecule is CCCCCC(CCC)C(=O)Nc1ccccn1. The Labute approximate surface area is 110 Å². The summed E-state index contributed by atoms with van der Waals surface area (Å²) in [6, 6.07) is 5.56. The third kappa shape index (κ3) is 5.30. The third-order valence-electron chi connectivity index (χ3n) is 3.08. The fourth-order valence-corrected chi connectivity index (χ4v) is 2.06.